The molecule has 15 heavy (non-hydrogen) atoms. The molecule has 0 aliphatic rings. The molecule has 0 heterocycles. The topological polar surface area (TPSA) is 61.2 Å². The first-order valence-electron chi connectivity index (χ1n) is 4.88. The van der Waals surface area contributed by atoms with Gasteiger partial charge in [0.15, 0.2) is 0 Å². The van der Waals surface area contributed by atoms with Crippen LogP contribution in [0.15, 0.2) is 24.3 Å². The van der Waals surface area contributed by atoms with Gasteiger partial charge < -0.3 is 10.5 Å². The van der Waals surface area contributed by atoms with Crippen LogP contribution in [0.1, 0.15) is 25.0 Å². The van der Waals surface area contributed by atoms with Crippen molar-refractivity contribution in [1.29, 1.82) is 5.41 Å². The van der Waals surface area contributed by atoms with Crippen molar-refractivity contribution in [1.82, 2.24) is 0 Å². The van der Waals surface area contributed by atoms with E-state index in [4.69, 9.17) is 10.5 Å². The minimum absolute atomic E-state index is 0.383. The minimum atomic E-state index is -0.785. The Morgan fingerprint density at radius 3 is 2.73 bits per heavy atom. The van der Waals surface area contributed by atoms with E-state index in [0.717, 1.165) is 11.1 Å². The number of carboxylic acids is 1. The van der Waals surface area contributed by atoms with Crippen LogP contribution in [-0.2, 0) is 11.2 Å². The summed E-state index contributed by atoms with van der Waals surface area (Å²) in [5, 5.41) is 16.3. The quantitative estimate of drug-likeness (QED) is 0.741. The summed E-state index contributed by atoms with van der Waals surface area (Å²) in [4.78, 5) is 10.7. The van der Waals surface area contributed by atoms with Gasteiger partial charge in [-0.2, -0.15) is 0 Å². The normalized spacial score (nSPS) is 12.1. The third-order valence-corrected chi connectivity index (χ3v) is 2.32. The molecule has 0 amide bonds. The highest BCUT2D eigenvalue weighted by Gasteiger charge is 2.11. The van der Waals surface area contributed by atoms with Crippen molar-refractivity contribution in [2.75, 3.05) is 0 Å². The molecule has 1 aromatic rings. The molecule has 1 aromatic carbocycles. The van der Waals surface area contributed by atoms with Gasteiger partial charge in [-0.15, -0.1) is 0 Å². The van der Waals surface area contributed by atoms with Gasteiger partial charge >= 0.3 is 5.97 Å². The Bertz CT molecular complexity index is 385. The first kappa shape index (κ1) is 11.4. The van der Waals surface area contributed by atoms with Crippen molar-refractivity contribution in [2.24, 2.45) is 5.92 Å². The van der Waals surface area contributed by atoms with Crippen molar-refractivity contribution in [3.05, 3.63) is 35.4 Å². The lowest BCUT2D eigenvalue weighted by Crippen LogP contribution is -2.12. The van der Waals surface area contributed by atoms with Crippen LogP contribution in [0.4, 0.5) is 0 Å². The molecular weight excluding hydrogens is 190 g/mol. The molecule has 3 heteroatoms. The zero-order valence-corrected chi connectivity index (χ0v) is 8.95. The minimum Gasteiger partial charge on any atom is -0.481 e. The van der Waals surface area contributed by atoms with E-state index in [2.05, 4.69) is 0 Å². The van der Waals surface area contributed by atoms with Crippen LogP contribution >= 0.6 is 0 Å². The monoisotopic (exact) mass is 205 g/mol. The number of benzene rings is 1. The summed E-state index contributed by atoms with van der Waals surface area (Å²) in [7, 11) is 0. The summed E-state index contributed by atoms with van der Waals surface area (Å²) in [5.74, 6) is -1.17. The van der Waals surface area contributed by atoms with Crippen LogP contribution in [0.25, 0.3) is 0 Å². The van der Waals surface area contributed by atoms with E-state index in [9.17, 15) is 4.79 Å². The van der Waals surface area contributed by atoms with Gasteiger partial charge in [0.25, 0.3) is 0 Å². The van der Waals surface area contributed by atoms with E-state index in [0.29, 0.717) is 12.1 Å². The van der Waals surface area contributed by atoms with E-state index in [1.165, 1.54) is 0 Å². The highest BCUT2D eigenvalue weighted by atomic mass is 16.4. The Balaban J connectivity index is 2.82. The Kier molecular flexibility index (Phi) is 3.61. The molecular formula is C12H15NO2. The number of nitrogens with one attached hydrogen (secondary N) is 1. The third-order valence-electron chi connectivity index (χ3n) is 2.32. The summed E-state index contributed by atoms with van der Waals surface area (Å²) in [6, 6.07) is 7.49. The van der Waals surface area contributed by atoms with E-state index in [1.54, 1.807) is 13.8 Å². The van der Waals surface area contributed by atoms with Gasteiger partial charge in [-0.25, -0.2) is 0 Å². The Morgan fingerprint density at radius 2 is 2.20 bits per heavy atom. The fourth-order valence-electron chi connectivity index (χ4n) is 1.37. The molecule has 0 saturated carbocycles. The number of rotatable bonds is 4. The van der Waals surface area contributed by atoms with Gasteiger partial charge in [0.2, 0.25) is 0 Å². The molecule has 0 aromatic heterocycles. The van der Waals surface area contributed by atoms with Crippen molar-refractivity contribution >= 4 is 11.7 Å². The average Bonchev–Trinajstić information content (AvgIpc) is 2.18. The highest BCUT2D eigenvalue weighted by Crippen LogP contribution is 2.11. The van der Waals surface area contributed by atoms with Crippen LogP contribution in [0.2, 0.25) is 0 Å². The highest BCUT2D eigenvalue weighted by molar-refractivity contribution is 5.96. The van der Waals surface area contributed by atoms with Crippen LogP contribution in [-0.4, -0.2) is 16.8 Å². The van der Waals surface area contributed by atoms with Crippen molar-refractivity contribution in [3.63, 3.8) is 0 Å². The molecule has 2 N–H and O–H groups in total. The molecule has 0 saturated heterocycles. The molecule has 0 radical (unpaired) electrons. The Hall–Kier alpha value is -1.64. The number of hydrogen-bond donors (Lipinski definition) is 2. The van der Waals surface area contributed by atoms with Gasteiger partial charge in [0, 0.05) is 5.71 Å². The summed E-state index contributed by atoms with van der Waals surface area (Å²) < 4.78 is 0. The molecule has 80 valence electrons. The standard InChI is InChI=1S/C12H15NO2/c1-8(12(14)15)6-10-4-3-5-11(7-10)9(2)13/h3-5,7-8,13H,6H2,1-2H3,(H,14,15). The Labute approximate surface area is 89.3 Å². The molecule has 0 fully saturated rings. The van der Waals surface area contributed by atoms with Crippen LogP contribution in [0.3, 0.4) is 0 Å². The second-order valence-corrected chi connectivity index (χ2v) is 3.77. The number of aliphatic carboxylic acids is 1. The zero-order valence-electron chi connectivity index (χ0n) is 8.95. The predicted molar refractivity (Wildman–Crippen MR) is 59.4 cm³/mol. The average molecular weight is 205 g/mol. The van der Waals surface area contributed by atoms with Crippen LogP contribution in [0.5, 0.6) is 0 Å². The van der Waals surface area contributed by atoms with E-state index < -0.39 is 5.97 Å². The second-order valence-electron chi connectivity index (χ2n) is 3.77. The SMILES string of the molecule is CC(=N)c1cccc(CC(C)C(=O)O)c1. The summed E-state index contributed by atoms with van der Waals surface area (Å²) in [5.41, 5.74) is 2.32. The number of hydrogen-bond acceptors (Lipinski definition) is 2. The van der Waals surface area contributed by atoms with Crippen molar-refractivity contribution in [3.8, 4) is 0 Å². The van der Waals surface area contributed by atoms with Crippen LogP contribution in [0, 0.1) is 11.3 Å². The third kappa shape index (κ3) is 3.20. The van der Waals surface area contributed by atoms with Gasteiger partial charge in [-0.1, -0.05) is 25.1 Å². The fourth-order valence-corrected chi connectivity index (χ4v) is 1.37. The maximum absolute atomic E-state index is 10.7. The zero-order chi connectivity index (χ0) is 11.4. The summed E-state index contributed by atoms with van der Waals surface area (Å²) in [6.07, 6.45) is 0.510. The lowest BCUT2D eigenvalue weighted by atomic mass is 9.99. The van der Waals surface area contributed by atoms with Crippen molar-refractivity contribution in [2.45, 2.75) is 20.3 Å². The van der Waals surface area contributed by atoms with Gasteiger partial charge in [0.05, 0.1) is 5.92 Å². The van der Waals surface area contributed by atoms with E-state index in [-0.39, 0.29) is 5.92 Å². The first-order valence-corrected chi connectivity index (χ1v) is 4.88. The number of carboxylic acid groups (broad SMARTS) is 1. The first-order chi connectivity index (χ1) is 7.00. The Morgan fingerprint density at radius 1 is 1.53 bits per heavy atom. The van der Waals surface area contributed by atoms with Gasteiger partial charge in [-0.05, 0) is 30.5 Å². The predicted octanol–water partition coefficient (Wildman–Crippen LogP) is 2.34. The molecule has 0 aliphatic carbocycles. The number of carbonyl (C=O) groups is 1. The van der Waals surface area contributed by atoms with Crippen LogP contribution < -0.4 is 0 Å². The van der Waals surface area contributed by atoms with Gasteiger partial charge in [-0.3, -0.25) is 4.79 Å². The maximum Gasteiger partial charge on any atom is 0.306 e. The lowest BCUT2D eigenvalue weighted by Gasteiger charge is -2.07. The second kappa shape index (κ2) is 4.73. The molecule has 0 bridgehead atoms. The van der Waals surface area contributed by atoms with Crippen molar-refractivity contribution < 1.29 is 9.90 Å². The fraction of sp³-hybridized carbons (Fsp3) is 0.333. The smallest absolute Gasteiger partial charge is 0.306 e. The molecule has 1 unspecified atom stereocenters. The lowest BCUT2D eigenvalue weighted by molar-refractivity contribution is -0.141. The maximum atomic E-state index is 10.7. The molecule has 3 nitrogen and oxygen atoms in total. The molecule has 0 spiro atoms. The molecule has 0 aliphatic heterocycles. The van der Waals surface area contributed by atoms with E-state index in [1.807, 2.05) is 24.3 Å². The summed E-state index contributed by atoms with van der Waals surface area (Å²) in [6.45, 7) is 3.41. The molecule has 1 rings (SSSR count). The molecule has 1 atom stereocenters. The summed E-state index contributed by atoms with van der Waals surface area (Å²) >= 11 is 0. The van der Waals surface area contributed by atoms with Gasteiger partial charge in [0.1, 0.15) is 0 Å². The van der Waals surface area contributed by atoms with E-state index >= 15 is 0 Å². The largest absolute Gasteiger partial charge is 0.481 e.